The third kappa shape index (κ3) is 3.52. The number of fused-ring (bicyclic) bond motifs is 1. The van der Waals surface area contributed by atoms with Gasteiger partial charge in [0.2, 0.25) is 0 Å². The summed E-state index contributed by atoms with van der Waals surface area (Å²) in [4.78, 5) is 4.35. The standard InChI is InChI=1S/C13H20N4O3S/c1-3-7-14-12-13(21(18,19)15-8-10-20-2)17-9-5-4-6-11(17)16-12/h4-6,9,14-15H,3,7-8,10H2,1-2H3. The number of pyridine rings is 1. The van der Waals surface area contributed by atoms with Crippen molar-refractivity contribution in [3.05, 3.63) is 24.4 Å². The normalized spacial score (nSPS) is 11.9. The molecular formula is C13H20N4O3S. The van der Waals surface area contributed by atoms with Crippen LogP contribution in [0.3, 0.4) is 0 Å². The number of imidazole rings is 1. The highest BCUT2D eigenvalue weighted by Crippen LogP contribution is 2.22. The minimum Gasteiger partial charge on any atom is -0.383 e. The molecule has 2 heterocycles. The molecule has 0 aliphatic carbocycles. The lowest BCUT2D eigenvalue weighted by atomic mass is 10.5. The number of rotatable bonds is 8. The highest BCUT2D eigenvalue weighted by Gasteiger charge is 2.24. The van der Waals surface area contributed by atoms with Gasteiger partial charge < -0.3 is 10.1 Å². The van der Waals surface area contributed by atoms with Crippen molar-refractivity contribution in [1.82, 2.24) is 14.1 Å². The second-order valence-corrected chi connectivity index (χ2v) is 6.19. The van der Waals surface area contributed by atoms with Crippen LogP contribution in [0, 0.1) is 0 Å². The fourth-order valence-corrected chi connectivity index (χ4v) is 3.21. The van der Waals surface area contributed by atoms with Gasteiger partial charge in [0, 0.05) is 26.4 Å². The fraction of sp³-hybridized carbons (Fsp3) is 0.462. The van der Waals surface area contributed by atoms with Crippen LogP contribution in [0.25, 0.3) is 5.65 Å². The first-order valence-electron chi connectivity index (χ1n) is 6.79. The van der Waals surface area contributed by atoms with E-state index in [9.17, 15) is 8.42 Å². The molecule has 2 rings (SSSR count). The zero-order chi connectivity index (χ0) is 15.3. The lowest BCUT2D eigenvalue weighted by Crippen LogP contribution is -2.29. The minimum atomic E-state index is -3.67. The predicted molar refractivity (Wildman–Crippen MR) is 81.0 cm³/mol. The predicted octanol–water partition coefficient (Wildman–Crippen LogP) is 1.08. The fourth-order valence-electron chi connectivity index (χ4n) is 1.94. The maximum Gasteiger partial charge on any atom is 0.260 e. The number of aromatic nitrogens is 2. The van der Waals surface area contributed by atoms with Gasteiger partial charge >= 0.3 is 0 Å². The van der Waals surface area contributed by atoms with Crippen molar-refractivity contribution in [3.8, 4) is 0 Å². The van der Waals surface area contributed by atoms with Gasteiger partial charge in [0.15, 0.2) is 10.8 Å². The van der Waals surface area contributed by atoms with Crippen LogP contribution in [-0.4, -0.2) is 44.6 Å². The van der Waals surface area contributed by atoms with Crippen LogP contribution in [0.1, 0.15) is 13.3 Å². The molecule has 0 aliphatic rings. The molecule has 0 aliphatic heterocycles. The quantitative estimate of drug-likeness (QED) is 0.713. The summed E-state index contributed by atoms with van der Waals surface area (Å²) < 4.78 is 33.9. The molecule has 0 unspecified atom stereocenters. The molecule has 0 amide bonds. The molecule has 0 saturated carbocycles. The van der Waals surface area contributed by atoms with Gasteiger partial charge in [-0.15, -0.1) is 0 Å². The molecule has 2 aromatic heterocycles. The number of nitrogens with zero attached hydrogens (tertiary/aromatic N) is 2. The third-order valence-electron chi connectivity index (χ3n) is 2.88. The summed E-state index contributed by atoms with van der Waals surface area (Å²) in [6.07, 6.45) is 2.56. The second kappa shape index (κ2) is 6.88. The molecule has 0 spiro atoms. The monoisotopic (exact) mass is 312 g/mol. The number of sulfonamides is 1. The van der Waals surface area contributed by atoms with Gasteiger partial charge in [-0.1, -0.05) is 13.0 Å². The van der Waals surface area contributed by atoms with Crippen molar-refractivity contribution in [1.29, 1.82) is 0 Å². The van der Waals surface area contributed by atoms with Crippen molar-refractivity contribution in [2.45, 2.75) is 18.4 Å². The van der Waals surface area contributed by atoms with E-state index >= 15 is 0 Å². The van der Waals surface area contributed by atoms with Gasteiger partial charge in [-0.3, -0.25) is 4.40 Å². The summed E-state index contributed by atoms with van der Waals surface area (Å²) in [5.74, 6) is 0.368. The first-order chi connectivity index (χ1) is 10.1. The lowest BCUT2D eigenvalue weighted by Gasteiger charge is -2.09. The molecule has 21 heavy (non-hydrogen) atoms. The second-order valence-electron chi connectivity index (χ2n) is 4.51. The molecule has 2 N–H and O–H groups in total. The van der Waals surface area contributed by atoms with Gasteiger partial charge in [-0.05, 0) is 18.6 Å². The summed E-state index contributed by atoms with van der Waals surface area (Å²) in [7, 11) is -2.14. The van der Waals surface area contributed by atoms with Crippen molar-refractivity contribution >= 4 is 21.5 Å². The summed E-state index contributed by atoms with van der Waals surface area (Å²) >= 11 is 0. The minimum absolute atomic E-state index is 0.127. The highest BCUT2D eigenvalue weighted by molar-refractivity contribution is 7.89. The van der Waals surface area contributed by atoms with E-state index in [1.807, 2.05) is 13.0 Å². The summed E-state index contributed by atoms with van der Waals surface area (Å²) in [5, 5.41) is 3.19. The first kappa shape index (κ1) is 15.7. The number of nitrogens with one attached hydrogen (secondary N) is 2. The van der Waals surface area contributed by atoms with E-state index in [2.05, 4.69) is 15.0 Å². The molecule has 116 valence electrons. The molecule has 0 bridgehead atoms. The van der Waals surface area contributed by atoms with Gasteiger partial charge in [-0.25, -0.2) is 18.1 Å². The Bertz CT molecular complexity index is 697. The van der Waals surface area contributed by atoms with Crippen molar-refractivity contribution in [2.24, 2.45) is 0 Å². The van der Waals surface area contributed by atoms with Crippen molar-refractivity contribution in [2.75, 3.05) is 32.1 Å². The van der Waals surface area contributed by atoms with E-state index in [0.717, 1.165) is 6.42 Å². The summed E-state index contributed by atoms with van der Waals surface area (Å²) in [5.41, 5.74) is 0.586. The Hall–Kier alpha value is -1.64. The zero-order valence-electron chi connectivity index (χ0n) is 12.2. The first-order valence-corrected chi connectivity index (χ1v) is 8.28. The van der Waals surface area contributed by atoms with Gasteiger partial charge in [-0.2, -0.15) is 0 Å². The van der Waals surface area contributed by atoms with E-state index in [-0.39, 0.29) is 11.6 Å². The lowest BCUT2D eigenvalue weighted by molar-refractivity contribution is 0.204. The summed E-state index contributed by atoms with van der Waals surface area (Å²) in [6, 6.07) is 5.36. The Labute approximate surface area is 124 Å². The van der Waals surface area contributed by atoms with E-state index < -0.39 is 10.0 Å². The van der Waals surface area contributed by atoms with Crippen LogP contribution in [0.15, 0.2) is 29.4 Å². The molecule has 0 fully saturated rings. The third-order valence-corrected chi connectivity index (χ3v) is 4.36. The topological polar surface area (TPSA) is 84.7 Å². The average Bonchev–Trinajstić information content (AvgIpc) is 2.84. The van der Waals surface area contributed by atoms with Crippen molar-refractivity contribution in [3.63, 3.8) is 0 Å². The SMILES string of the molecule is CCCNc1nc2ccccn2c1S(=O)(=O)NCCOC. The van der Waals surface area contributed by atoms with E-state index in [1.165, 1.54) is 7.11 Å². The average molecular weight is 312 g/mol. The van der Waals surface area contributed by atoms with Gasteiger partial charge in [0.05, 0.1) is 6.61 Å². The number of methoxy groups -OCH3 is 1. The van der Waals surface area contributed by atoms with E-state index in [4.69, 9.17) is 4.74 Å². The maximum absolute atomic E-state index is 12.5. The Morgan fingerprint density at radius 1 is 1.33 bits per heavy atom. The van der Waals surface area contributed by atoms with E-state index in [1.54, 1.807) is 22.7 Å². The Morgan fingerprint density at radius 3 is 2.86 bits per heavy atom. The highest BCUT2D eigenvalue weighted by atomic mass is 32.2. The number of anilines is 1. The molecule has 0 radical (unpaired) electrons. The molecular weight excluding hydrogens is 292 g/mol. The molecule has 0 aromatic carbocycles. The Kier molecular flexibility index (Phi) is 5.16. The Balaban J connectivity index is 2.43. The number of hydrogen-bond acceptors (Lipinski definition) is 5. The van der Waals surface area contributed by atoms with Gasteiger partial charge in [0.1, 0.15) is 5.65 Å². The number of ether oxygens (including phenoxy) is 1. The largest absolute Gasteiger partial charge is 0.383 e. The zero-order valence-corrected chi connectivity index (χ0v) is 13.0. The Morgan fingerprint density at radius 2 is 2.14 bits per heavy atom. The van der Waals surface area contributed by atoms with Crippen LogP contribution in [-0.2, 0) is 14.8 Å². The van der Waals surface area contributed by atoms with Gasteiger partial charge in [0.25, 0.3) is 10.0 Å². The van der Waals surface area contributed by atoms with Crippen LogP contribution in [0.4, 0.5) is 5.82 Å². The molecule has 0 atom stereocenters. The molecule has 0 saturated heterocycles. The van der Waals surface area contributed by atoms with Crippen LogP contribution in [0.5, 0.6) is 0 Å². The smallest absolute Gasteiger partial charge is 0.260 e. The van der Waals surface area contributed by atoms with Crippen molar-refractivity contribution < 1.29 is 13.2 Å². The van der Waals surface area contributed by atoms with Crippen LogP contribution < -0.4 is 10.0 Å². The number of hydrogen-bond donors (Lipinski definition) is 2. The van der Waals surface area contributed by atoms with E-state index in [0.29, 0.717) is 24.6 Å². The molecule has 7 nitrogen and oxygen atoms in total. The maximum atomic E-state index is 12.5. The van der Waals surface area contributed by atoms with Crippen LogP contribution in [0.2, 0.25) is 0 Å². The summed E-state index contributed by atoms with van der Waals surface area (Å²) in [6.45, 7) is 3.19. The van der Waals surface area contributed by atoms with Crippen LogP contribution >= 0.6 is 0 Å². The molecule has 2 aromatic rings. The molecule has 8 heteroatoms.